The van der Waals surface area contributed by atoms with Crippen molar-refractivity contribution in [3.8, 4) is 0 Å². The van der Waals surface area contributed by atoms with Gasteiger partial charge < -0.3 is 15.0 Å². The Morgan fingerprint density at radius 2 is 1.96 bits per heavy atom. The Morgan fingerprint density at radius 1 is 1.24 bits per heavy atom. The molecule has 2 atom stereocenters. The van der Waals surface area contributed by atoms with E-state index in [1.807, 2.05) is 25.7 Å². The lowest BCUT2D eigenvalue weighted by atomic mass is 9.76. The predicted octanol–water partition coefficient (Wildman–Crippen LogP) is 5.36. The highest BCUT2D eigenvalue weighted by molar-refractivity contribution is 5.68. The van der Waals surface area contributed by atoms with Crippen molar-refractivity contribution in [3.05, 3.63) is 0 Å². The van der Waals surface area contributed by atoms with Crippen molar-refractivity contribution in [2.24, 2.45) is 5.41 Å². The zero-order valence-electron chi connectivity index (χ0n) is 17.6. The Morgan fingerprint density at radius 3 is 2.52 bits per heavy atom. The van der Waals surface area contributed by atoms with Crippen molar-refractivity contribution in [1.29, 1.82) is 0 Å². The largest absolute Gasteiger partial charge is 0.444 e. The van der Waals surface area contributed by atoms with Gasteiger partial charge in [0.2, 0.25) is 0 Å². The van der Waals surface area contributed by atoms with Gasteiger partial charge in [0.05, 0.1) is 0 Å². The first kappa shape index (κ1) is 22.3. The summed E-state index contributed by atoms with van der Waals surface area (Å²) < 4.78 is 5.62. The van der Waals surface area contributed by atoms with Gasteiger partial charge in [-0.3, -0.25) is 0 Å². The standard InChI is InChI=1S/C21H42N2O2/c1-7-10-12-18(9-3)22-16-21(13-8-2)14-11-15-23(17-21)19(24)25-20(4,5)6/h18,22H,7-17H2,1-6H3. The van der Waals surface area contributed by atoms with E-state index >= 15 is 0 Å². The van der Waals surface area contributed by atoms with Gasteiger partial charge in [0, 0.05) is 31.1 Å². The highest BCUT2D eigenvalue weighted by Gasteiger charge is 2.37. The molecule has 25 heavy (non-hydrogen) atoms. The molecule has 0 bridgehead atoms. The molecule has 0 aliphatic carbocycles. The van der Waals surface area contributed by atoms with Crippen LogP contribution in [0.25, 0.3) is 0 Å². The van der Waals surface area contributed by atoms with Crippen molar-refractivity contribution in [2.75, 3.05) is 19.6 Å². The smallest absolute Gasteiger partial charge is 0.410 e. The van der Waals surface area contributed by atoms with Gasteiger partial charge >= 0.3 is 6.09 Å². The van der Waals surface area contributed by atoms with E-state index in [0.717, 1.165) is 32.5 Å². The molecule has 0 spiro atoms. The minimum atomic E-state index is -0.423. The van der Waals surface area contributed by atoms with Crippen LogP contribution >= 0.6 is 0 Å². The molecule has 4 heteroatoms. The van der Waals surface area contributed by atoms with Gasteiger partial charge in [-0.2, -0.15) is 0 Å². The number of carbonyl (C=O) groups excluding carboxylic acids is 1. The number of carbonyl (C=O) groups is 1. The molecular weight excluding hydrogens is 312 g/mol. The maximum Gasteiger partial charge on any atom is 0.410 e. The van der Waals surface area contributed by atoms with E-state index in [2.05, 4.69) is 26.1 Å². The fourth-order valence-electron chi connectivity index (χ4n) is 3.92. The maximum absolute atomic E-state index is 12.5. The summed E-state index contributed by atoms with van der Waals surface area (Å²) in [7, 11) is 0. The van der Waals surface area contributed by atoms with Crippen LogP contribution in [-0.2, 0) is 4.74 Å². The molecule has 148 valence electrons. The highest BCUT2D eigenvalue weighted by atomic mass is 16.6. The molecule has 1 amide bonds. The molecule has 1 N–H and O–H groups in total. The number of hydrogen-bond acceptors (Lipinski definition) is 3. The van der Waals surface area contributed by atoms with Crippen molar-refractivity contribution >= 4 is 6.09 Å². The highest BCUT2D eigenvalue weighted by Crippen LogP contribution is 2.35. The van der Waals surface area contributed by atoms with E-state index in [0.29, 0.717) is 6.04 Å². The summed E-state index contributed by atoms with van der Waals surface area (Å²) in [6.45, 7) is 15.3. The molecule has 0 aromatic carbocycles. The summed E-state index contributed by atoms with van der Waals surface area (Å²) in [5, 5.41) is 3.83. The van der Waals surface area contributed by atoms with Crippen LogP contribution in [0, 0.1) is 5.41 Å². The molecule has 0 aromatic rings. The fourth-order valence-corrected chi connectivity index (χ4v) is 3.92. The van der Waals surface area contributed by atoms with Gasteiger partial charge in [-0.1, -0.05) is 40.0 Å². The summed E-state index contributed by atoms with van der Waals surface area (Å²) in [5.74, 6) is 0. The molecule has 2 unspecified atom stereocenters. The monoisotopic (exact) mass is 354 g/mol. The average molecular weight is 355 g/mol. The van der Waals surface area contributed by atoms with Crippen LogP contribution in [0.3, 0.4) is 0 Å². The van der Waals surface area contributed by atoms with E-state index < -0.39 is 5.60 Å². The van der Waals surface area contributed by atoms with Crippen molar-refractivity contribution < 1.29 is 9.53 Å². The number of hydrogen-bond donors (Lipinski definition) is 1. The summed E-state index contributed by atoms with van der Waals surface area (Å²) in [5.41, 5.74) is -0.225. The van der Waals surface area contributed by atoms with E-state index in [-0.39, 0.29) is 11.5 Å². The number of likely N-dealkylation sites (tertiary alicyclic amines) is 1. The lowest BCUT2D eigenvalue weighted by molar-refractivity contribution is 0.00190. The Hall–Kier alpha value is -0.770. The van der Waals surface area contributed by atoms with Crippen molar-refractivity contribution in [3.63, 3.8) is 0 Å². The molecule has 1 heterocycles. The molecule has 1 aliphatic rings. The number of unbranched alkanes of at least 4 members (excludes halogenated alkanes) is 1. The molecule has 0 radical (unpaired) electrons. The third kappa shape index (κ3) is 7.98. The molecule has 1 saturated heterocycles. The Balaban J connectivity index is 2.70. The van der Waals surface area contributed by atoms with Crippen LogP contribution < -0.4 is 5.32 Å². The first-order chi connectivity index (χ1) is 11.7. The number of ether oxygens (including phenoxy) is 1. The number of piperidine rings is 1. The van der Waals surface area contributed by atoms with Crippen molar-refractivity contribution in [2.45, 2.75) is 105 Å². The van der Waals surface area contributed by atoms with Gasteiger partial charge in [-0.05, 0) is 52.9 Å². The lowest BCUT2D eigenvalue weighted by Crippen LogP contribution is -2.52. The second-order valence-corrected chi connectivity index (χ2v) is 8.88. The zero-order chi connectivity index (χ0) is 18.9. The maximum atomic E-state index is 12.5. The van der Waals surface area contributed by atoms with Crippen LogP contribution in [0.15, 0.2) is 0 Å². The summed E-state index contributed by atoms with van der Waals surface area (Å²) in [6, 6.07) is 0.602. The van der Waals surface area contributed by atoms with Crippen LogP contribution in [0.2, 0.25) is 0 Å². The van der Waals surface area contributed by atoms with E-state index in [4.69, 9.17) is 4.74 Å². The molecule has 1 fully saturated rings. The summed E-state index contributed by atoms with van der Waals surface area (Å²) in [4.78, 5) is 14.5. The number of amides is 1. The van der Waals surface area contributed by atoms with Gasteiger partial charge in [0.15, 0.2) is 0 Å². The Kier molecular flexibility index (Phi) is 9.26. The van der Waals surface area contributed by atoms with Crippen LogP contribution in [0.4, 0.5) is 4.79 Å². The van der Waals surface area contributed by atoms with Gasteiger partial charge in [0.25, 0.3) is 0 Å². The van der Waals surface area contributed by atoms with Gasteiger partial charge in [0.1, 0.15) is 5.60 Å². The molecule has 1 rings (SSSR count). The second-order valence-electron chi connectivity index (χ2n) is 8.88. The first-order valence-electron chi connectivity index (χ1n) is 10.5. The number of nitrogens with one attached hydrogen (secondary N) is 1. The fraction of sp³-hybridized carbons (Fsp3) is 0.952. The summed E-state index contributed by atoms with van der Waals surface area (Å²) >= 11 is 0. The number of nitrogens with zero attached hydrogens (tertiary/aromatic N) is 1. The minimum Gasteiger partial charge on any atom is -0.444 e. The van der Waals surface area contributed by atoms with E-state index in [9.17, 15) is 4.79 Å². The minimum absolute atomic E-state index is 0.147. The Labute approximate surface area is 156 Å². The van der Waals surface area contributed by atoms with Crippen molar-refractivity contribution in [1.82, 2.24) is 10.2 Å². The van der Waals surface area contributed by atoms with E-state index in [1.54, 1.807) is 0 Å². The number of rotatable bonds is 9. The van der Waals surface area contributed by atoms with Gasteiger partial charge in [-0.25, -0.2) is 4.79 Å². The van der Waals surface area contributed by atoms with Gasteiger partial charge in [-0.15, -0.1) is 0 Å². The second kappa shape index (κ2) is 10.4. The average Bonchev–Trinajstić information content (AvgIpc) is 2.54. The van der Waals surface area contributed by atoms with E-state index in [1.165, 1.54) is 38.5 Å². The SMILES string of the molecule is CCCCC(CC)NCC1(CCC)CCCN(C(=O)OC(C)(C)C)C1. The third-order valence-corrected chi connectivity index (χ3v) is 5.26. The topological polar surface area (TPSA) is 41.6 Å². The van der Waals surface area contributed by atoms with Crippen LogP contribution in [0.5, 0.6) is 0 Å². The van der Waals surface area contributed by atoms with Crippen LogP contribution in [-0.4, -0.2) is 42.3 Å². The predicted molar refractivity (Wildman–Crippen MR) is 106 cm³/mol. The molecule has 0 aromatic heterocycles. The molecule has 1 aliphatic heterocycles. The summed E-state index contributed by atoms with van der Waals surface area (Å²) in [6.07, 6.45) is 9.44. The Bertz CT molecular complexity index is 388. The zero-order valence-corrected chi connectivity index (χ0v) is 17.6. The normalized spacial score (nSPS) is 22.7. The third-order valence-electron chi connectivity index (χ3n) is 5.26. The molecule has 4 nitrogen and oxygen atoms in total. The quantitative estimate of drug-likeness (QED) is 0.606. The first-order valence-corrected chi connectivity index (χ1v) is 10.5. The molecule has 0 saturated carbocycles. The van der Waals surface area contributed by atoms with Crippen LogP contribution in [0.1, 0.15) is 92.9 Å². The molecular formula is C21H42N2O2. The lowest BCUT2D eigenvalue weighted by Gasteiger charge is -2.44.